The number of fused-ring (bicyclic) bond motifs is 1. The van der Waals surface area contributed by atoms with E-state index in [0.29, 0.717) is 28.9 Å². The van der Waals surface area contributed by atoms with E-state index in [1.807, 2.05) is 0 Å². The minimum absolute atomic E-state index is 0.195. The van der Waals surface area contributed by atoms with E-state index < -0.39 is 8.32 Å². The molecule has 0 bridgehead atoms. The van der Waals surface area contributed by atoms with Crippen LogP contribution in [0.5, 0.6) is 0 Å². The first-order valence-electron chi connectivity index (χ1n) is 13.0. The first kappa shape index (κ1) is 29.1. The van der Waals surface area contributed by atoms with E-state index in [4.69, 9.17) is 4.43 Å². The van der Waals surface area contributed by atoms with E-state index in [1.54, 1.807) is 0 Å². The first-order chi connectivity index (χ1) is 14.2. The molecular formula is C28H52Br2OSi. The number of hydrogen-bond donors (Lipinski definition) is 0. The van der Waals surface area contributed by atoms with Crippen LogP contribution in [-0.4, -0.2) is 14.4 Å². The fraction of sp³-hybridized carbons (Fsp3) is 0.929. The number of allylic oxidation sites excluding steroid dienone is 1. The van der Waals surface area contributed by atoms with Crippen LogP contribution < -0.4 is 0 Å². The molecule has 4 heteroatoms. The van der Waals surface area contributed by atoms with Gasteiger partial charge in [0.15, 0.2) is 8.32 Å². The molecule has 0 spiro atoms. The lowest BCUT2D eigenvalue weighted by Crippen LogP contribution is -2.59. The van der Waals surface area contributed by atoms with Crippen molar-refractivity contribution in [1.29, 1.82) is 0 Å². The van der Waals surface area contributed by atoms with Crippen LogP contribution >= 0.6 is 31.9 Å². The molecule has 0 aromatic rings. The zero-order valence-electron chi connectivity index (χ0n) is 23.2. The summed E-state index contributed by atoms with van der Waals surface area (Å²) in [7, 11) is -2.13. The van der Waals surface area contributed by atoms with Gasteiger partial charge in [0, 0.05) is 6.10 Å². The lowest BCUT2D eigenvalue weighted by Gasteiger charge is -2.58. The van der Waals surface area contributed by atoms with E-state index >= 15 is 0 Å². The molecule has 0 aliphatic heterocycles. The smallest absolute Gasteiger partial charge is 0.199 e. The van der Waals surface area contributed by atoms with Crippen LogP contribution in [0.4, 0.5) is 0 Å². The number of rotatable bonds is 5. The summed E-state index contributed by atoms with van der Waals surface area (Å²) in [6, 6.07) is 0. The van der Waals surface area contributed by atoms with Crippen molar-refractivity contribution < 1.29 is 4.43 Å². The molecule has 1 nitrogen and oxygen atoms in total. The third-order valence-corrected chi connectivity index (χ3v) is 16.5. The highest BCUT2D eigenvalue weighted by Gasteiger charge is 2.60. The maximum atomic E-state index is 7.65. The third-order valence-electron chi connectivity index (χ3n) is 9.33. The molecule has 6 atom stereocenters. The van der Waals surface area contributed by atoms with Crippen LogP contribution in [0, 0.1) is 34.0 Å². The summed E-state index contributed by atoms with van der Waals surface area (Å²) in [5.74, 6) is 2.02. The first-order valence-corrected chi connectivity index (χ1v) is 17.0. The van der Waals surface area contributed by atoms with E-state index in [0.717, 1.165) is 9.31 Å². The summed E-state index contributed by atoms with van der Waals surface area (Å²) in [6.45, 7) is 29.7. The Labute approximate surface area is 218 Å². The minimum atomic E-state index is -2.13. The highest BCUT2D eigenvalue weighted by molar-refractivity contribution is 9.28. The normalized spacial score (nSPS) is 32.4. The summed E-state index contributed by atoms with van der Waals surface area (Å²) >= 11 is 7.23. The lowest BCUT2D eigenvalue weighted by atomic mass is 9.62. The van der Waals surface area contributed by atoms with Crippen LogP contribution in [0.25, 0.3) is 0 Å². The Balaban J connectivity index is 2.45. The van der Waals surface area contributed by atoms with Gasteiger partial charge in [-0.05, 0) is 109 Å². The van der Waals surface area contributed by atoms with E-state index in [1.165, 1.54) is 32.1 Å². The van der Waals surface area contributed by atoms with Crippen molar-refractivity contribution in [1.82, 2.24) is 0 Å². The van der Waals surface area contributed by atoms with Crippen molar-refractivity contribution in [2.75, 3.05) is 0 Å². The Morgan fingerprint density at radius 3 is 1.94 bits per heavy atom. The molecule has 32 heavy (non-hydrogen) atoms. The maximum absolute atomic E-state index is 7.65. The largest absolute Gasteiger partial charge is 0.413 e. The Hall–Kier alpha value is 0.877. The molecule has 0 aromatic carbocycles. The average molecular weight is 593 g/mol. The second kappa shape index (κ2) is 9.73. The van der Waals surface area contributed by atoms with Crippen molar-refractivity contribution in [3.8, 4) is 0 Å². The summed E-state index contributed by atoms with van der Waals surface area (Å²) in [4.78, 5) is 0. The Bertz CT molecular complexity index is 665. The summed E-state index contributed by atoms with van der Waals surface area (Å²) in [5, 5.41) is 0.195. The van der Waals surface area contributed by atoms with Crippen LogP contribution in [0.15, 0.2) is 9.47 Å². The SMILES string of the molecule is C[C@H](C=C(Br)Br)[C@H]1CC[C@H]2[C@@H](O[Si](C)(C(C(C)(C)C)C(C)(C)C)C(C)(C)C)CCC[C@]12C. The second-order valence-corrected chi connectivity index (χ2v) is 22.0. The molecule has 2 aliphatic rings. The van der Waals surface area contributed by atoms with E-state index in [-0.39, 0.29) is 15.9 Å². The molecule has 0 radical (unpaired) electrons. The highest BCUT2D eigenvalue weighted by Crippen LogP contribution is 2.63. The molecule has 0 aromatic heterocycles. The zero-order chi connectivity index (χ0) is 24.9. The Morgan fingerprint density at radius 1 is 0.969 bits per heavy atom. The van der Waals surface area contributed by atoms with Crippen molar-refractivity contribution in [3.63, 3.8) is 0 Å². The average Bonchev–Trinajstić information content (AvgIpc) is 2.88. The van der Waals surface area contributed by atoms with Gasteiger partial charge in [0.25, 0.3) is 0 Å². The van der Waals surface area contributed by atoms with Crippen LogP contribution in [0.3, 0.4) is 0 Å². The molecule has 2 rings (SSSR count). The van der Waals surface area contributed by atoms with Crippen LogP contribution in [0.2, 0.25) is 17.1 Å². The van der Waals surface area contributed by atoms with Gasteiger partial charge >= 0.3 is 0 Å². The predicted molar refractivity (Wildman–Crippen MR) is 152 cm³/mol. The van der Waals surface area contributed by atoms with Crippen molar-refractivity contribution in [2.24, 2.45) is 34.0 Å². The summed E-state index contributed by atoms with van der Waals surface area (Å²) < 4.78 is 8.75. The molecule has 0 saturated heterocycles. The predicted octanol–water partition coefficient (Wildman–Crippen LogP) is 10.7. The van der Waals surface area contributed by atoms with Gasteiger partial charge < -0.3 is 4.43 Å². The zero-order valence-corrected chi connectivity index (χ0v) is 27.3. The molecule has 1 unspecified atom stereocenters. The molecule has 0 N–H and O–H groups in total. The highest BCUT2D eigenvalue weighted by atomic mass is 79.9. The van der Waals surface area contributed by atoms with Crippen LogP contribution in [-0.2, 0) is 4.43 Å². The van der Waals surface area contributed by atoms with Gasteiger partial charge in [-0.25, -0.2) is 0 Å². The molecule has 188 valence electrons. The topological polar surface area (TPSA) is 9.23 Å². The van der Waals surface area contributed by atoms with Gasteiger partial charge in [0.05, 0.1) is 3.39 Å². The third kappa shape index (κ3) is 5.81. The summed E-state index contributed by atoms with van der Waals surface area (Å²) in [6.07, 6.45) is 9.37. The standard InChI is InChI=1S/C28H52Br2OSi/c1-19(18-23(29)30)20-15-16-21-22(14-13-17-28(20,21)11)31-32(12,27(8,9)10)24(25(2,3)4)26(5,6)7/h18-22,24H,13-17H2,1-12H3/t19-,20-,21+,22+,28-,32?/m1/s1. The van der Waals surface area contributed by atoms with Crippen molar-refractivity contribution >= 4 is 40.2 Å². The van der Waals surface area contributed by atoms with Gasteiger partial charge in [-0.1, -0.05) is 88.7 Å². The molecule has 2 fully saturated rings. The van der Waals surface area contributed by atoms with Crippen molar-refractivity contribution in [3.05, 3.63) is 9.47 Å². The molecule has 0 amide bonds. The van der Waals surface area contributed by atoms with Crippen LogP contribution in [0.1, 0.15) is 108 Å². The fourth-order valence-corrected chi connectivity index (χ4v) is 14.8. The molecule has 2 aliphatic carbocycles. The van der Waals surface area contributed by atoms with Gasteiger partial charge in [-0.15, -0.1) is 0 Å². The Morgan fingerprint density at radius 2 is 1.50 bits per heavy atom. The maximum Gasteiger partial charge on any atom is 0.199 e. The van der Waals surface area contributed by atoms with Crippen molar-refractivity contribution in [2.45, 2.75) is 131 Å². The van der Waals surface area contributed by atoms with Gasteiger partial charge in [-0.2, -0.15) is 0 Å². The van der Waals surface area contributed by atoms with Gasteiger partial charge in [0.2, 0.25) is 0 Å². The molecule has 2 saturated carbocycles. The number of hydrogen-bond acceptors (Lipinski definition) is 1. The molecular weight excluding hydrogens is 540 g/mol. The second-order valence-electron chi connectivity index (χ2n) is 14.7. The minimum Gasteiger partial charge on any atom is -0.413 e. The van der Waals surface area contributed by atoms with E-state index in [2.05, 4.69) is 121 Å². The quantitative estimate of drug-likeness (QED) is 0.289. The number of halogens is 2. The monoisotopic (exact) mass is 590 g/mol. The summed E-state index contributed by atoms with van der Waals surface area (Å²) in [5.41, 5.74) is 1.42. The van der Waals surface area contributed by atoms with Gasteiger partial charge in [-0.3, -0.25) is 0 Å². The lowest BCUT2D eigenvalue weighted by molar-refractivity contribution is -0.0222. The van der Waals surface area contributed by atoms with Gasteiger partial charge in [0.1, 0.15) is 0 Å². The van der Waals surface area contributed by atoms with E-state index in [9.17, 15) is 0 Å². The molecule has 0 heterocycles. The Kier molecular flexibility index (Phi) is 8.85. The fourth-order valence-electron chi connectivity index (χ4n) is 8.42.